The van der Waals surface area contributed by atoms with E-state index in [9.17, 15) is 0 Å². The summed E-state index contributed by atoms with van der Waals surface area (Å²) in [5.41, 5.74) is 2.81. The molecular weight excluding hydrogens is 158 g/mol. The van der Waals surface area contributed by atoms with Gasteiger partial charge in [-0.2, -0.15) is 0 Å². The van der Waals surface area contributed by atoms with Crippen molar-refractivity contribution in [2.45, 2.75) is 40.2 Å². The van der Waals surface area contributed by atoms with Gasteiger partial charge >= 0.3 is 0 Å². The molecule has 1 saturated carbocycles. The van der Waals surface area contributed by atoms with Crippen molar-refractivity contribution < 1.29 is 0 Å². The maximum atomic E-state index is 2.45. The lowest BCUT2D eigenvalue weighted by molar-refractivity contribution is 0.422. The molecule has 1 fully saturated rings. The second-order valence-electron chi connectivity index (χ2n) is 4.54. The Kier molecular flexibility index (Phi) is 2.19. The van der Waals surface area contributed by atoms with Gasteiger partial charge in [0.1, 0.15) is 0 Å². The van der Waals surface area contributed by atoms with Crippen LogP contribution in [0.15, 0.2) is 12.1 Å². The Labute approximate surface area is 80.8 Å². The number of aromatic nitrogens is 1. The molecule has 1 heterocycles. The molecule has 1 atom stereocenters. The SMILES string of the molecule is Cc1ccc(C)n1CC(C)C1CC1. The first-order valence-corrected chi connectivity index (χ1v) is 5.31. The quantitative estimate of drug-likeness (QED) is 0.668. The predicted octanol–water partition coefficient (Wildman–Crippen LogP) is 3.15. The smallest absolute Gasteiger partial charge is 0.0252 e. The lowest BCUT2D eigenvalue weighted by atomic mass is 10.1. The lowest BCUT2D eigenvalue weighted by Gasteiger charge is -2.15. The van der Waals surface area contributed by atoms with Gasteiger partial charge in [-0.1, -0.05) is 6.92 Å². The molecule has 0 spiro atoms. The van der Waals surface area contributed by atoms with E-state index in [4.69, 9.17) is 0 Å². The highest BCUT2D eigenvalue weighted by Crippen LogP contribution is 2.37. The number of hydrogen-bond donors (Lipinski definition) is 0. The topological polar surface area (TPSA) is 4.93 Å². The van der Waals surface area contributed by atoms with E-state index >= 15 is 0 Å². The maximum Gasteiger partial charge on any atom is 0.0252 e. The van der Waals surface area contributed by atoms with Gasteiger partial charge < -0.3 is 4.57 Å². The van der Waals surface area contributed by atoms with Gasteiger partial charge in [-0.25, -0.2) is 0 Å². The zero-order valence-electron chi connectivity index (χ0n) is 8.88. The van der Waals surface area contributed by atoms with E-state index < -0.39 is 0 Å². The van der Waals surface area contributed by atoms with Crippen LogP contribution < -0.4 is 0 Å². The third-order valence-electron chi connectivity index (χ3n) is 3.31. The Morgan fingerprint density at radius 3 is 2.31 bits per heavy atom. The fraction of sp³-hybridized carbons (Fsp3) is 0.667. The van der Waals surface area contributed by atoms with Gasteiger partial charge in [0.25, 0.3) is 0 Å². The fourth-order valence-corrected chi connectivity index (χ4v) is 2.09. The van der Waals surface area contributed by atoms with Crippen LogP contribution in [-0.2, 0) is 6.54 Å². The van der Waals surface area contributed by atoms with Crippen molar-refractivity contribution in [3.8, 4) is 0 Å². The van der Waals surface area contributed by atoms with Crippen LogP contribution in [0.2, 0.25) is 0 Å². The van der Waals surface area contributed by atoms with Crippen molar-refractivity contribution in [2.75, 3.05) is 0 Å². The summed E-state index contributed by atoms with van der Waals surface area (Å²) in [6.07, 6.45) is 2.92. The van der Waals surface area contributed by atoms with E-state index in [0.717, 1.165) is 11.8 Å². The molecule has 1 heteroatoms. The first-order valence-electron chi connectivity index (χ1n) is 5.31. The van der Waals surface area contributed by atoms with Crippen molar-refractivity contribution in [2.24, 2.45) is 11.8 Å². The second kappa shape index (κ2) is 3.21. The van der Waals surface area contributed by atoms with Gasteiger partial charge in [0.15, 0.2) is 0 Å². The maximum absolute atomic E-state index is 2.45. The number of nitrogens with zero attached hydrogens (tertiary/aromatic N) is 1. The summed E-state index contributed by atoms with van der Waals surface area (Å²) in [4.78, 5) is 0. The molecule has 1 unspecified atom stereocenters. The van der Waals surface area contributed by atoms with Gasteiger partial charge in [-0.3, -0.25) is 0 Å². The summed E-state index contributed by atoms with van der Waals surface area (Å²) in [5, 5.41) is 0. The van der Waals surface area contributed by atoms with E-state index in [0.29, 0.717) is 0 Å². The van der Waals surface area contributed by atoms with Crippen molar-refractivity contribution in [1.29, 1.82) is 0 Å². The molecule has 13 heavy (non-hydrogen) atoms. The minimum absolute atomic E-state index is 0.866. The Hall–Kier alpha value is -0.720. The third-order valence-corrected chi connectivity index (χ3v) is 3.31. The normalized spacial score (nSPS) is 19.0. The molecule has 0 saturated heterocycles. The number of aryl methyl sites for hydroxylation is 2. The first-order chi connectivity index (χ1) is 6.18. The molecule has 2 rings (SSSR count). The van der Waals surface area contributed by atoms with Crippen LogP contribution in [-0.4, -0.2) is 4.57 Å². The molecular formula is C12H19N. The molecule has 1 aromatic rings. The molecule has 0 amide bonds. The van der Waals surface area contributed by atoms with Crippen LogP contribution in [0, 0.1) is 25.7 Å². The third kappa shape index (κ3) is 1.79. The van der Waals surface area contributed by atoms with E-state index in [-0.39, 0.29) is 0 Å². The van der Waals surface area contributed by atoms with E-state index in [1.165, 1.54) is 30.8 Å². The molecule has 72 valence electrons. The van der Waals surface area contributed by atoms with Crippen molar-refractivity contribution >= 4 is 0 Å². The molecule has 1 aliphatic carbocycles. The summed E-state index contributed by atoms with van der Waals surface area (Å²) >= 11 is 0. The standard InChI is InChI=1S/C12H19N/c1-9(12-6-7-12)8-13-10(2)4-5-11(13)3/h4-5,9,12H,6-8H2,1-3H3. The largest absolute Gasteiger partial charge is 0.349 e. The van der Waals surface area contributed by atoms with Crippen LogP contribution in [0.3, 0.4) is 0 Å². The van der Waals surface area contributed by atoms with Crippen LogP contribution in [0.5, 0.6) is 0 Å². The van der Waals surface area contributed by atoms with E-state index in [1.54, 1.807) is 0 Å². The van der Waals surface area contributed by atoms with E-state index in [1.807, 2.05) is 0 Å². The Morgan fingerprint density at radius 1 is 1.31 bits per heavy atom. The molecule has 1 nitrogen and oxygen atoms in total. The van der Waals surface area contributed by atoms with Crippen LogP contribution >= 0.6 is 0 Å². The molecule has 0 aliphatic heterocycles. The van der Waals surface area contributed by atoms with Crippen molar-refractivity contribution in [3.63, 3.8) is 0 Å². The molecule has 0 aromatic carbocycles. The van der Waals surface area contributed by atoms with Gasteiger partial charge in [0.2, 0.25) is 0 Å². The van der Waals surface area contributed by atoms with Gasteiger partial charge in [0.05, 0.1) is 0 Å². The first kappa shape index (κ1) is 8.86. The highest BCUT2D eigenvalue weighted by atomic mass is 15.0. The Bertz CT molecular complexity index is 275. The Morgan fingerprint density at radius 2 is 1.85 bits per heavy atom. The highest BCUT2D eigenvalue weighted by Gasteiger charge is 2.28. The fourth-order valence-electron chi connectivity index (χ4n) is 2.09. The van der Waals surface area contributed by atoms with Gasteiger partial charge in [-0.05, 0) is 50.7 Å². The molecule has 0 radical (unpaired) electrons. The van der Waals surface area contributed by atoms with E-state index in [2.05, 4.69) is 37.5 Å². The monoisotopic (exact) mass is 177 g/mol. The summed E-state index contributed by atoms with van der Waals surface area (Å²) in [6, 6.07) is 4.43. The van der Waals surface area contributed by atoms with Crippen LogP contribution in [0.25, 0.3) is 0 Å². The zero-order chi connectivity index (χ0) is 9.42. The zero-order valence-corrected chi connectivity index (χ0v) is 8.88. The molecule has 1 aromatic heterocycles. The second-order valence-corrected chi connectivity index (χ2v) is 4.54. The number of hydrogen-bond acceptors (Lipinski definition) is 0. The van der Waals surface area contributed by atoms with Crippen LogP contribution in [0.4, 0.5) is 0 Å². The minimum atomic E-state index is 0.866. The average molecular weight is 177 g/mol. The highest BCUT2D eigenvalue weighted by molar-refractivity contribution is 5.13. The average Bonchev–Trinajstić information content (AvgIpc) is 2.88. The molecule has 1 aliphatic rings. The minimum Gasteiger partial charge on any atom is -0.349 e. The summed E-state index contributed by atoms with van der Waals surface area (Å²) < 4.78 is 2.45. The molecule has 0 N–H and O–H groups in total. The van der Waals surface area contributed by atoms with Gasteiger partial charge in [0, 0.05) is 17.9 Å². The predicted molar refractivity (Wildman–Crippen MR) is 55.8 cm³/mol. The summed E-state index contributed by atoms with van der Waals surface area (Å²) in [7, 11) is 0. The summed E-state index contributed by atoms with van der Waals surface area (Å²) in [6.45, 7) is 8.01. The Balaban J connectivity index is 2.07. The molecule has 0 bridgehead atoms. The number of rotatable bonds is 3. The summed E-state index contributed by atoms with van der Waals surface area (Å²) in [5.74, 6) is 1.88. The van der Waals surface area contributed by atoms with Crippen LogP contribution in [0.1, 0.15) is 31.2 Å². The van der Waals surface area contributed by atoms with Gasteiger partial charge in [-0.15, -0.1) is 0 Å². The van der Waals surface area contributed by atoms with Crippen molar-refractivity contribution in [1.82, 2.24) is 4.57 Å². The lowest BCUT2D eigenvalue weighted by Crippen LogP contribution is -2.11. The van der Waals surface area contributed by atoms with Crippen molar-refractivity contribution in [3.05, 3.63) is 23.5 Å².